The van der Waals surface area contributed by atoms with Crippen LogP contribution in [-0.2, 0) is 14.3 Å². The fraction of sp³-hybridized carbons (Fsp3) is 0.800. The third kappa shape index (κ3) is 2.93. The number of carbonyl (C=O) groups excluding carboxylic acids is 1. The summed E-state index contributed by atoms with van der Waals surface area (Å²) in [4.78, 5) is 24.1. The van der Waals surface area contributed by atoms with Crippen LogP contribution in [0.3, 0.4) is 0 Å². The molecule has 0 aromatic heterocycles. The van der Waals surface area contributed by atoms with Crippen LogP contribution in [0.5, 0.6) is 0 Å². The van der Waals surface area contributed by atoms with Crippen LogP contribution in [0, 0.1) is 5.92 Å². The second-order valence-corrected chi connectivity index (χ2v) is 4.25. The van der Waals surface area contributed by atoms with Crippen LogP contribution in [-0.4, -0.2) is 53.7 Å². The predicted octanol–water partition coefficient (Wildman–Crippen LogP) is -0.718. The van der Waals surface area contributed by atoms with Crippen LogP contribution >= 0.6 is 0 Å². The van der Waals surface area contributed by atoms with E-state index in [1.807, 2.05) is 13.8 Å². The average Bonchev–Trinajstić information content (AvgIpc) is 2.27. The van der Waals surface area contributed by atoms with E-state index in [4.69, 9.17) is 15.6 Å². The van der Waals surface area contributed by atoms with Gasteiger partial charge in [-0.1, -0.05) is 13.8 Å². The number of hydrogen-bond acceptors (Lipinski definition) is 4. The predicted molar refractivity (Wildman–Crippen MR) is 56.8 cm³/mol. The number of nitrogens with zero attached hydrogens (tertiary/aromatic N) is 1. The zero-order valence-electron chi connectivity index (χ0n) is 9.55. The minimum Gasteiger partial charge on any atom is -0.479 e. The first-order chi connectivity index (χ1) is 7.43. The summed E-state index contributed by atoms with van der Waals surface area (Å²) in [7, 11) is 0. The van der Waals surface area contributed by atoms with E-state index in [0.717, 1.165) is 0 Å². The molecule has 6 heteroatoms. The third-order valence-corrected chi connectivity index (χ3v) is 2.66. The second-order valence-electron chi connectivity index (χ2n) is 4.25. The SMILES string of the molecule is CC(C)[C@H](N)C(=O)N1CCOC(C(=O)O)C1. The summed E-state index contributed by atoms with van der Waals surface area (Å²) in [6.45, 7) is 4.44. The lowest BCUT2D eigenvalue weighted by atomic mass is 10.0. The largest absolute Gasteiger partial charge is 0.479 e. The van der Waals surface area contributed by atoms with E-state index in [2.05, 4.69) is 0 Å². The molecule has 1 rings (SSSR count). The summed E-state index contributed by atoms with van der Waals surface area (Å²) in [5, 5.41) is 8.79. The van der Waals surface area contributed by atoms with Crippen molar-refractivity contribution in [2.45, 2.75) is 26.0 Å². The minimum atomic E-state index is -1.05. The van der Waals surface area contributed by atoms with E-state index < -0.39 is 18.1 Å². The Labute approximate surface area is 94.3 Å². The molecule has 0 bridgehead atoms. The number of ether oxygens (including phenoxy) is 1. The Bertz CT molecular complexity index is 280. The second kappa shape index (κ2) is 5.27. The number of rotatable bonds is 3. The molecular formula is C10H18N2O4. The van der Waals surface area contributed by atoms with Crippen LogP contribution in [0.25, 0.3) is 0 Å². The van der Waals surface area contributed by atoms with E-state index in [0.29, 0.717) is 6.54 Å². The molecule has 1 amide bonds. The first-order valence-electron chi connectivity index (χ1n) is 5.32. The van der Waals surface area contributed by atoms with Crippen LogP contribution in [0.2, 0.25) is 0 Å². The summed E-state index contributed by atoms with van der Waals surface area (Å²) in [5.41, 5.74) is 5.73. The smallest absolute Gasteiger partial charge is 0.334 e. The molecule has 92 valence electrons. The van der Waals surface area contributed by atoms with Crippen molar-refractivity contribution in [3.8, 4) is 0 Å². The molecule has 0 saturated carbocycles. The molecule has 0 aromatic rings. The molecule has 1 unspecified atom stereocenters. The highest BCUT2D eigenvalue weighted by Gasteiger charge is 2.31. The number of aliphatic carboxylic acids is 1. The van der Waals surface area contributed by atoms with E-state index >= 15 is 0 Å². The van der Waals surface area contributed by atoms with Gasteiger partial charge < -0.3 is 20.5 Å². The van der Waals surface area contributed by atoms with Crippen molar-refractivity contribution in [1.29, 1.82) is 0 Å². The van der Waals surface area contributed by atoms with Crippen LogP contribution in [0.15, 0.2) is 0 Å². The maximum atomic E-state index is 11.9. The Morgan fingerprint density at radius 3 is 2.62 bits per heavy atom. The molecule has 3 N–H and O–H groups in total. The van der Waals surface area contributed by atoms with Gasteiger partial charge in [0.2, 0.25) is 5.91 Å². The molecule has 0 spiro atoms. The van der Waals surface area contributed by atoms with Gasteiger partial charge in [0.1, 0.15) is 0 Å². The molecule has 1 heterocycles. The molecule has 1 aliphatic rings. The lowest BCUT2D eigenvalue weighted by Gasteiger charge is -2.33. The number of carbonyl (C=O) groups is 2. The maximum Gasteiger partial charge on any atom is 0.334 e. The highest BCUT2D eigenvalue weighted by Crippen LogP contribution is 2.09. The van der Waals surface area contributed by atoms with E-state index in [-0.39, 0.29) is 25.0 Å². The molecule has 1 saturated heterocycles. The topological polar surface area (TPSA) is 92.9 Å². The van der Waals surface area contributed by atoms with Crippen molar-refractivity contribution in [3.05, 3.63) is 0 Å². The van der Waals surface area contributed by atoms with Crippen LogP contribution in [0.1, 0.15) is 13.8 Å². The Morgan fingerprint density at radius 2 is 2.12 bits per heavy atom. The zero-order chi connectivity index (χ0) is 12.3. The normalized spacial score (nSPS) is 23.2. The van der Waals surface area contributed by atoms with Crippen LogP contribution in [0.4, 0.5) is 0 Å². The van der Waals surface area contributed by atoms with Crippen LogP contribution < -0.4 is 5.73 Å². The molecule has 6 nitrogen and oxygen atoms in total. The summed E-state index contributed by atoms with van der Waals surface area (Å²) in [6.07, 6.45) is -0.933. The number of carboxylic acids is 1. The van der Waals surface area contributed by atoms with Gasteiger partial charge in [0.25, 0.3) is 0 Å². The van der Waals surface area contributed by atoms with Crippen molar-refractivity contribution in [2.75, 3.05) is 19.7 Å². The lowest BCUT2D eigenvalue weighted by Crippen LogP contribution is -2.54. The Balaban J connectivity index is 2.60. The van der Waals surface area contributed by atoms with Gasteiger partial charge in [0, 0.05) is 6.54 Å². The van der Waals surface area contributed by atoms with Gasteiger partial charge in [-0.2, -0.15) is 0 Å². The fourth-order valence-corrected chi connectivity index (χ4v) is 1.49. The van der Waals surface area contributed by atoms with Crippen molar-refractivity contribution < 1.29 is 19.4 Å². The molecule has 1 aliphatic heterocycles. The summed E-state index contributed by atoms with van der Waals surface area (Å²) < 4.78 is 5.03. The van der Waals surface area contributed by atoms with Gasteiger partial charge in [-0.25, -0.2) is 4.79 Å². The Kier molecular flexibility index (Phi) is 4.26. The molecule has 16 heavy (non-hydrogen) atoms. The van der Waals surface area contributed by atoms with Gasteiger partial charge in [0.15, 0.2) is 6.10 Å². The number of nitrogens with two attached hydrogens (primary N) is 1. The van der Waals surface area contributed by atoms with Gasteiger partial charge >= 0.3 is 5.97 Å². The van der Waals surface area contributed by atoms with E-state index in [9.17, 15) is 9.59 Å². The molecule has 0 aromatic carbocycles. The standard InChI is InChI=1S/C10H18N2O4/c1-6(2)8(11)9(13)12-3-4-16-7(5-12)10(14)15/h6-8H,3-5,11H2,1-2H3,(H,14,15)/t7?,8-/m0/s1. The van der Waals surface area contributed by atoms with E-state index in [1.165, 1.54) is 4.90 Å². The fourth-order valence-electron chi connectivity index (χ4n) is 1.49. The summed E-state index contributed by atoms with van der Waals surface area (Å²) in [6, 6.07) is -0.576. The quantitative estimate of drug-likeness (QED) is 0.667. The third-order valence-electron chi connectivity index (χ3n) is 2.66. The van der Waals surface area contributed by atoms with Crippen molar-refractivity contribution >= 4 is 11.9 Å². The summed E-state index contributed by atoms with van der Waals surface area (Å²) >= 11 is 0. The first kappa shape index (κ1) is 12.9. The van der Waals surface area contributed by atoms with E-state index in [1.54, 1.807) is 0 Å². The molecular weight excluding hydrogens is 212 g/mol. The number of amides is 1. The zero-order valence-corrected chi connectivity index (χ0v) is 9.55. The molecule has 0 aliphatic carbocycles. The van der Waals surface area contributed by atoms with Crippen molar-refractivity contribution in [3.63, 3.8) is 0 Å². The molecule has 2 atom stereocenters. The number of carboxylic acid groups (broad SMARTS) is 1. The van der Waals surface area contributed by atoms with Gasteiger partial charge in [-0.05, 0) is 5.92 Å². The monoisotopic (exact) mass is 230 g/mol. The highest BCUT2D eigenvalue weighted by atomic mass is 16.5. The maximum absolute atomic E-state index is 11.9. The lowest BCUT2D eigenvalue weighted by molar-refractivity contribution is -0.160. The highest BCUT2D eigenvalue weighted by molar-refractivity contribution is 5.83. The molecule has 1 fully saturated rings. The molecule has 0 radical (unpaired) electrons. The Morgan fingerprint density at radius 1 is 1.50 bits per heavy atom. The van der Waals surface area contributed by atoms with Crippen molar-refractivity contribution in [1.82, 2.24) is 4.90 Å². The van der Waals surface area contributed by atoms with Gasteiger partial charge in [-0.3, -0.25) is 4.79 Å². The number of morpholine rings is 1. The summed E-state index contributed by atoms with van der Waals surface area (Å²) in [5.74, 6) is -1.21. The first-order valence-corrected chi connectivity index (χ1v) is 5.32. The minimum absolute atomic E-state index is 0.0404. The van der Waals surface area contributed by atoms with Gasteiger partial charge in [-0.15, -0.1) is 0 Å². The van der Waals surface area contributed by atoms with Gasteiger partial charge in [0.05, 0.1) is 19.2 Å². The van der Waals surface area contributed by atoms with Crippen molar-refractivity contribution in [2.24, 2.45) is 11.7 Å². The number of hydrogen-bond donors (Lipinski definition) is 2. The Hall–Kier alpha value is -1.14. The average molecular weight is 230 g/mol.